The van der Waals surface area contributed by atoms with E-state index in [-0.39, 0.29) is 6.04 Å². The zero-order chi connectivity index (χ0) is 13.1. The molecule has 1 nitrogen and oxygen atoms in total. The van der Waals surface area contributed by atoms with E-state index in [1.165, 1.54) is 22.3 Å². The fourth-order valence-corrected chi connectivity index (χ4v) is 2.53. The second-order valence-corrected chi connectivity index (χ2v) is 5.38. The molecule has 0 bridgehead atoms. The molecular weight excluding hydrogens is 286 g/mol. The first kappa shape index (κ1) is 13.3. The second kappa shape index (κ2) is 5.68. The first-order valence-electron chi connectivity index (χ1n) is 6.23. The lowest BCUT2D eigenvalue weighted by Crippen LogP contribution is -2.13. The Balaban J connectivity index is 2.41. The fourth-order valence-electron chi connectivity index (χ4n) is 2.15. The fraction of sp³-hybridized carbons (Fsp3) is 0.250. The molecular formula is C16H18BrN. The molecule has 2 N–H and O–H groups in total. The molecule has 0 aliphatic rings. The number of halogens is 1. The molecule has 18 heavy (non-hydrogen) atoms. The Hall–Kier alpha value is -1.12. The lowest BCUT2D eigenvalue weighted by molar-refractivity contribution is 0.856. The monoisotopic (exact) mass is 303 g/mol. The van der Waals surface area contributed by atoms with Gasteiger partial charge in [-0.05, 0) is 41.7 Å². The normalized spacial score (nSPS) is 12.4. The minimum absolute atomic E-state index is 0.0611. The van der Waals surface area contributed by atoms with Crippen molar-refractivity contribution in [2.24, 2.45) is 5.73 Å². The summed E-state index contributed by atoms with van der Waals surface area (Å²) in [4.78, 5) is 0. The van der Waals surface area contributed by atoms with Gasteiger partial charge in [0.1, 0.15) is 0 Å². The van der Waals surface area contributed by atoms with Crippen LogP contribution in [0.4, 0.5) is 0 Å². The molecule has 1 atom stereocenters. The van der Waals surface area contributed by atoms with Crippen LogP contribution in [0, 0.1) is 6.92 Å². The van der Waals surface area contributed by atoms with Gasteiger partial charge in [-0.15, -0.1) is 0 Å². The van der Waals surface area contributed by atoms with Crippen molar-refractivity contribution in [3.05, 3.63) is 69.2 Å². The topological polar surface area (TPSA) is 26.0 Å². The van der Waals surface area contributed by atoms with Gasteiger partial charge in [-0.1, -0.05) is 59.3 Å². The number of nitrogens with two attached hydrogens (primary N) is 1. The van der Waals surface area contributed by atoms with Crippen LogP contribution in [0.2, 0.25) is 0 Å². The summed E-state index contributed by atoms with van der Waals surface area (Å²) in [6.07, 6.45) is 1.04. The molecule has 94 valence electrons. The van der Waals surface area contributed by atoms with Crippen LogP contribution in [-0.2, 0) is 6.42 Å². The zero-order valence-corrected chi connectivity index (χ0v) is 12.4. The van der Waals surface area contributed by atoms with E-state index in [1.54, 1.807) is 0 Å². The highest BCUT2D eigenvalue weighted by Gasteiger charge is 2.12. The summed E-state index contributed by atoms with van der Waals surface area (Å²) in [5, 5.41) is 0. The van der Waals surface area contributed by atoms with E-state index in [1.807, 2.05) is 12.1 Å². The predicted octanol–water partition coefficient (Wildman–Crippen LogP) is 4.37. The third kappa shape index (κ3) is 2.65. The summed E-state index contributed by atoms with van der Waals surface area (Å²) in [7, 11) is 0. The molecule has 1 unspecified atom stereocenters. The summed E-state index contributed by atoms with van der Waals surface area (Å²) in [6.45, 7) is 4.26. The smallest absolute Gasteiger partial charge is 0.0554 e. The van der Waals surface area contributed by atoms with E-state index >= 15 is 0 Å². The van der Waals surface area contributed by atoms with Gasteiger partial charge in [0.05, 0.1) is 6.04 Å². The van der Waals surface area contributed by atoms with Crippen LogP contribution in [0.5, 0.6) is 0 Å². The molecule has 0 saturated carbocycles. The Morgan fingerprint density at radius 2 is 1.89 bits per heavy atom. The van der Waals surface area contributed by atoms with Crippen LogP contribution < -0.4 is 5.73 Å². The van der Waals surface area contributed by atoms with Crippen molar-refractivity contribution in [3.63, 3.8) is 0 Å². The lowest BCUT2D eigenvalue weighted by Gasteiger charge is -2.17. The van der Waals surface area contributed by atoms with Crippen molar-refractivity contribution in [2.45, 2.75) is 26.3 Å². The standard InChI is InChI=1S/C16H18BrN/c1-3-12-6-4-7-13(10-12)16(18)14-8-5-9-15(17)11(14)2/h4-10,16H,3,18H2,1-2H3. The zero-order valence-electron chi connectivity index (χ0n) is 10.8. The SMILES string of the molecule is CCc1cccc(C(N)c2cccc(Br)c2C)c1. The molecule has 0 heterocycles. The number of hydrogen-bond donors (Lipinski definition) is 1. The van der Waals surface area contributed by atoms with Crippen molar-refractivity contribution in [1.29, 1.82) is 0 Å². The Labute approximate surface area is 117 Å². The summed E-state index contributed by atoms with van der Waals surface area (Å²) in [5.41, 5.74) is 11.3. The summed E-state index contributed by atoms with van der Waals surface area (Å²) in [6, 6.07) is 14.7. The minimum Gasteiger partial charge on any atom is -0.320 e. The van der Waals surface area contributed by atoms with Gasteiger partial charge in [0, 0.05) is 4.47 Å². The van der Waals surface area contributed by atoms with Gasteiger partial charge >= 0.3 is 0 Å². The second-order valence-electron chi connectivity index (χ2n) is 4.53. The maximum atomic E-state index is 6.39. The first-order valence-corrected chi connectivity index (χ1v) is 7.02. The molecule has 0 amide bonds. The van der Waals surface area contributed by atoms with Crippen molar-refractivity contribution >= 4 is 15.9 Å². The molecule has 0 aliphatic carbocycles. The molecule has 0 fully saturated rings. The number of hydrogen-bond acceptors (Lipinski definition) is 1. The quantitative estimate of drug-likeness (QED) is 0.895. The van der Waals surface area contributed by atoms with E-state index < -0.39 is 0 Å². The summed E-state index contributed by atoms with van der Waals surface area (Å²) in [5.74, 6) is 0. The van der Waals surface area contributed by atoms with Gasteiger partial charge in [0.25, 0.3) is 0 Å². The maximum Gasteiger partial charge on any atom is 0.0554 e. The lowest BCUT2D eigenvalue weighted by atomic mass is 9.94. The van der Waals surface area contributed by atoms with Gasteiger partial charge in [-0.25, -0.2) is 0 Å². The van der Waals surface area contributed by atoms with Gasteiger partial charge in [0.15, 0.2) is 0 Å². The predicted molar refractivity (Wildman–Crippen MR) is 80.7 cm³/mol. The third-order valence-electron chi connectivity index (χ3n) is 3.36. The molecule has 2 aromatic rings. The van der Waals surface area contributed by atoms with Crippen molar-refractivity contribution in [1.82, 2.24) is 0 Å². The number of aryl methyl sites for hydroxylation is 1. The van der Waals surface area contributed by atoms with Crippen LogP contribution in [0.15, 0.2) is 46.9 Å². The third-order valence-corrected chi connectivity index (χ3v) is 4.22. The Bertz CT molecular complexity index is 549. The van der Waals surface area contributed by atoms with Gasteiger partial charge < -0.3 is 5.73 Å². The molecule has 0 aliphatic heterocycles. The van der Waals surface area contributed by atoms with Crippen molar-refractivity contribution in [2.75, 3.05) is 0 Å². The van der Waals surface area contributed by atoms with Gasteiger partial charge in [-0.2, -0.15) is 0 Å². The van der Waals surface area contributed by atoms with Crippen LogP contribution in [0.1, 0.15) is 35.2 Å². The van der Waals surface area contributed by atoms with E-state index in [0.717, 1.165) is 10.9 Å². The highest BCUT2D eigenvalue weighted by Crippen LogP contribution is 2.27. The van der Waals surface area contributed by atoms with Crippen LogP contribution in [0.25, 0.3) is 0 Å². The van der Waals surface area contributed by atoms with Crippen LogP contribution in [-0.4, -0.2) is 0 Å². The first-order chi connectivity index (χ1) is 8.63. The molecule has 0 aromatic heterocycles. The molecule has 0 spiro atoms. The summed E-state index contributed by atoms with van der Waals surface area (Å²) < 4.78 is 1.11. The van der Waals surface area contributed by atoms with E-state index in [9.17, 15) is 0 Å². The largest absolute Gasteiger partial charge is 0.320 e. The van der Waals surface area contributed by atoms with E-state index in [4.69, 9.17) is 5.73 Å². The molecule has 0 radical (unpaired) electrons. The average Bonchev–Trinajstić information content (AvgIpc) is 2.41. The van der Waals surface area contributed by atoms with Gasteiger partial charge in [0.2, 0.25) is 0 Å². The highest BCUT2D eigenvalue weighted by molar-refractivity contribution is 9.10. The average molecular weight is 304 g/mol. The minimum atomic E-state index is -0.0611. The molecule has 2 rings (SSSR count). The van der Waals surface area contributed by atoms with Crippen molar-refractivity contribution < 1.29 is 0 Å². The maximum absolute atomic E-state index is 6.39. The van der Waals surface area contributed by atoms with E-state index in [0.29, 0.717) is 0 Å². The van der Waals surface area contributed by atoms with E-state index in [2.05, 4.69) is 60.1 Å². The molecule has 2 heteroatoms. The number of rotatable bonds is 3. The number of benzene rings is 2. The Morgan fingerprint density at radius 1 is 1.17 bits per heavy atom. The van der Waals surface area contributed by atoms with Crippen LogP contribution >= 0.6 is 15.9 Å². The van der Waals surface area contributed by atoms with Crippen LogP contribution in [0.3, 0.4) is 0 Å². The summed E-state index contributed by atoms with van der Waals surface area (Å²) >= 11 is 3.56. The molecule has 2 aromatic carbocycles. The Kier molecular flexibility index (Phi) is 4.20. The Morgan fingerprint density at radius 3 is 2.61 bits per heavy atom. The highest BCUT2D eigenvalue weighted by atomic mass is 79.9. The van der Waals surface area contributed by atoms with Gasteiger partial charge in [-0.3, -0.25) is 0 Å². The molecule has 0 saturated heterocycles. The van der Waals surface area contributed by atoms with Crippen molar-refractivity contribution in [3.8, 4) is 0 Å².